The Morgan fingerprint density at radius 1 is 1.23 bits per heavy atom. The molecule has 22 heavy (non-hydrogen) atoms. The second-order valence-electron chi connectivity index (χ2n) is 4.78. The quantitative estimate of drug-likeness (QED) is 0.699. The number of sulfonamides is 1. The van der Waals surface area contributed by atoms with Crippen molar-refractivity contribution in [1.82, 2.24) is 5.32 Å². The zero-order valence-corrected chi connectivity index (χ0v) is 14.1. The topological polar surface area (TPSA) is 75.7 Å². The molecule has 124 valence electrons. The molecule has 0 aliphatic carbocycles. The lowest BCUT2D eigenvalue weighted by Crippen LogP contribution is -2.29. The molecule has 1 amide bonds. The van der Waals surface area contributed by atoms with Crippen molar-refractivity contribution < 1.29 is 17.9 Å². The summed E-state index contributed by atoms with van der Waals surface area (Å²) in [5, 5.41) is 2.80. The molecule has 0 saturated carbocycles. The average molecular weight is 328 g/mol. The number of carbonyl (C=O) groups is 1. The Hall–Kier alpha value is -1.60. The van der Waals surface area contributed by atoms with Crippen LogP contribution in [0, 0.1) is 0 Å². The molecule has 0 spiro atoms. The van der Waals surface area contributed by atoms with E-state index in [1.807, 2.05) is 6.92 Å². The van der Waals surface area contributed by atoms with Gasteiger partial charge in [-0.25, -0.2) is 8.42 Å². The van der Waals surface area contributed by atoms with E-state index in [2.05, 4.69) is 5.32 Å². The van der Waals surface area contributed by atoms with Crippen molar-refractivity contribution in [1.29, 1.82) is 0 Å². The number of benzene rings is 1. The monoisotopic (exact) mass is 328 g/mol. The van der Waals surface area contributed by atoms with E-state index in [9.17, 15) is 13.2 Å². The van der Waals surface area contributed by atoms with Gasteiger partial charge in [-0.05, 0) is 44.5 Å². The Bertz CT molecular complexity index is 570. The van der Waals surface area contributed by atoms with E-state index in [4.69, 9.17) is 4.74 Å². The zero-order chi connectivity index (χ0) is 16.6. The summed E-state index contributed by atoms with van der Waals surface area (Å²) in [5.74, 6) is -0.176. The number of nitrogens with one attached hydrogen (secondary N) is 1. The molecular formula is C15H24N2O4S. The van der Waals surface area contributed by atoms with Crippen LogP contribution < -0.4 is 9.62 Å². The van der Waals surface area contributed by atoms with Crippen LogP contribution in [0.25, 0.3) is 0 Å². The van der Waals surface area contributed by atoms with Crippen LogP contribution in [0.1, 0.15) is 30.6 Å². The van der Waals surface area contributed by atoms with Crippen LogP contribution in [0.5, 0.6) is 0 Å². The number of ether oxygens (including phenoxy) is 1. The number of nitrogens with zero attached hydrogens (tertiary/aromatic N) is 1. The average Bonchev–Trinajstić information content (AvgIpc) is 2.47. The van der Waals surface area contributed by atoms with Crippen molar-refractivity contribution in [3.63, 3.8) is 0 Å². The van der Waals surface area contributed by atoms with Crippen molar-refractivity contribution in [2.75, 3.05) is 36.9 Å². The highest BCUT2D eigenvalue weighted by Gasteiger charge is 2.15. The lowest BCUT2D eigenvalue weighted by Gasteiger charge is -2.20. The molecular weight excluding hydrogens is 304 g/mol. The first-order valence-electron chi connectivity index (χ1n) is 7.33. The lowest BCUT2D eigenvalue weighted by atomic mass is 10.2. The second kappa shape index (κ2) is 8.75. The highest BCUT2D eigenvalue weighted by atomic mass is 32.2. The van der Waals surface area contributed by atoms with Crippen LogP contribution in [0.15, 0.2) is 24.3 Å². The molecule has 0 aromatic heterocycles. The molecule has 0 heterocycles. The molecule has 0 aliphatic heterocycles. The molecule has 0 atom stereocenters. The maximum absolute atomic E-state index is 11.9. The number of anilines is 1. The highest BCUT2D eigenvalue weighted by molar-refractivity contribution is 7.92. The summed E-state index contributed by atoms with van der Waals surface area (Å²) in [6, 6.07) is 6.53. The van der Waals surface area contributed by atoms with Crippen molar-refractivity contribution in [3.8, 4) is 0 Å². The molecule has 1 rings (SSSR count). The van der Waals surface area contributed by atoms with Gasteiger partial charge in [0, 0.05) is 31.9 Å². The zero-order valence-electron chi connectivity index (χ0n) is 13.3. The van der Waals surface area contributed by atoms with Gasteiger partial charge in [0.1, 0.15) is 0 Å². The number of amides is 1. The Balaban J connectivity index is 2.62. The molecule has 1 N–H and O–H groups in total. The minimum atomic E-state index is -3.31. The maximum atomic E-state index is 11.9. The fourth-order valence-electron chi connectivity index (χ4n) is 2.01. The molecule has 0 bridgehead atoms. The molecule has 0 aliphatic rings. The normalized spacial score (nSPS) is 11.2. The fraction of sp³-hybridized carbons (Fsp3) is 0.533. The summed E-state index contributed by atoms with van der Waals surface area (Å²) in [6.07, 6.45) is 1.92. The Morgan fingerprint density at radius 3 is 2.36 bits per heavy atom. The van der Waals surface area contributed by atoms with E-state index in [0.29, 0.717) is 37.6 Å². The van der Waals surface area contributed by atoms with Crippen LogP contribution in [-0.4, -0.2) is 46.9 Å². The van der Waals surface area contributed by atoms with Crippen molar-refractivity contribution >= 4 is 21.6 Å². The standard InChI is InChI=1S/C15H24N2O4S/c1-4-17(22(3,19)20)14-9-7-13(8-10-14)15(18)16-11-6-12-21-5-2/h7-10H,4-6,11-12H2,1-3H3,(H,16,18). The molecule has 0 radical (unpaired) electrons. The van der Waals surface area contributed by atoms with Gasteiger partial charge in [0.2, 0.25) is 10.0 Å². The molecule has 0 unspecified atom stereocenters. The van der Waals surface area contributed by atoms with Gasteiger partial charge in [0.15, 0.2) is 0 Å². The summed E-state index contributed by atoms with van der Waals surface area (Å²) in [5.41, 5.74) is 1.06. The van der Waals surface area contributed by atoms with Crippen LogP contribution in [0.3, 0.4) is 0 Å². The Labute approximate surface area is 132 Å². The van der Waals surface area contributed by atoms with E-state index in [0.717, 1.165) is 12.7 Å². The second-order valence-corrected chi connectivity index (χ2v) is 6.69. The van der Waals surface area contributed by atoms with Crippen molar-refractivity contribution in [2.45, 2.75) is 20.3 Å². The summed E-state index contributed by atoms with van der Waals surface area (Å²) >= 11 is 0. The van der Waals surface area contributed by atoms with Gasteiger partial charge in [0.05, 0.1) is 11.9 Å². The van der Waals surface area contributed by atoms with Crippen molar-refractivity contribution in [3.05, 3.63) is 29.8 Å². The van der Waals surface area contributed by atoms with Gasteiger partial charge in [-0.2, -0.15) is 0 Å². The van der Waals surface area contributed by atoms with Crippen LogP contribution in [0.2, 0.25) is 0 Å². The van der Waals surface area contributed by atoms with E-state index >= 15 is 0 Å². The van der Waals surface area contributed by atoms with Gasteiger partial charge in [-0.1, -0.05) is 0 Å². The number of hydrogen-bond donors (Lipinski definition) is 1. The van der Waals surface area contributed by atoms with Crippen LogP contribution in [0.4, 0.5) is 5.69 Å². The predicted octanol–water partition coefficient (Wildman–Crippen LogP) is 1.63. The SMILES string of the molecule is CCOCCCNC(=O)c1ccc(N(CC)S(C)(=O)=O)cc1. The first-order chi connectivity index (χ1) is 10.4. The molecule has 1 aromatic rings. The minimum absolute atomic E-state index is 0.176. The van der Waals surface area contributed by atoms with E-state index in [-0.39, 0.29) is 5.91 Å². The van der Waals surface area contributed by atoms with Gasteiger partial charge in [-0.15, -0.1) is 0 Å². The van der Waals surface area contributed by atoms with Gasteiger partial charge in [-0.3, -0.25) is 9.10 Å². The molecule has 0 saturated heterocycles. The van der Waals surface area contributed by atoms with Crippen LogP contribution >= 0.6 is 0 Å². The largest absolute Gasteiger partial charge is 0.382 e. The van der Waals surface area contributed by atoms with Gasteiger partial charge < -0.3 is 10.1 Å². The lowest BCUT2D eigenvalue weighted by molar-refractivity contribution is 0.0944. The summed E-state index contributed by atoms with van der Waals surface area (Å²) in [4.78, 5) is 11.9. The summed E-state index contributed by atoms with van der Waals surface area (Å²) < 4.78 is 29.8. The molecule has 0 fully saturated rings. The Morgan fingerprint density at radius 2 is 1.86 bits per heavy atom. The van der Waals surface area contributed by atoms with Gasteiger partial charge in [0.25, 0.3) is 5.91 Å². The van der Waals surface area contributed by atoms with Gasteiger partial charge >= 0.3 is 0 Å². The molecule has 6 nitrogen and oxygen atoms in total. The fourth-order valence-corrected chi connectivity index (χ4v) is 2.98. The minimum Gasteiger partial charge on any atom is -0.382 e. The first-order valence-corrected chi connectivity index (χ1v) is 9.18. The van der Waals surface area contributed by atoms with E-state index < -0.39 is 10.0 Å². The predicted molar refractivity (Wildman–Crippen MR) is 87.7 cm³/mol. The molecule has 1 aromatic carbocycles. The third-order valence-corrected chi connectivity index (χ3v) is 4.33. The smallest absolute Gasteiger partial charge is 0.251 e. The summed E-state index contributed by atoms with van der Waals surface area (Å²) in [6.45, 7) is 5.88. The van der Waals surface area contributed by atoms with E-state index in [1.165, 1.54) is 4.31 Å². The van der Waals surface area contributed by atoms with Crippen LogP contribution in [-0.2, 0) is 14.8 Å². The number of rotatable bonds is 9. The van der Waals surface area contributed by atoms with Crippen molar-refractivity contribution in [2.24, 2.45) is 0 Å². The maximum Gasteiger partial charge on any atom is 0.251 e. The highest BCUT2D eigenvalue weighted by Crippen LogP contribution is 2.17. The van der Waals surface area contributed by atoms with E-state index in [1.54, 1.807) is 31.2 Å². The Kier molecular flexibility index (Phi) is 7.34. The first kappa shape index (κ1) is 18.4. The number of carbonyl (C=O) groups excluding carboxylic acids is 1. The molecule has 7 heteroatoms. The summed E-state index contributed by atoms with van der Waals surface area (Å²) in [7, 11) is -3.31. The number of hydrogen-bond acceptors (Lipinski definition) is 4. The third-order valence-electron chi connectivity index (χ3n) is 3.06. The third kappa shape index (κ3) is 5.65.